The summed E-state index contributed by atoms with van der Waals surface area (Å²) in [7, 11) is 0. The van der Waals surface area contributed by atoms with Crippen LogP contribution in [0.2, 0.25) is 0 Å². The fourth-order valence-corrected chi connectivity index (χ4v) is 2.85. The third kappa shape index (κ3) is 4.56. The van der Waals surface area contributed by atoms with Gasteiger partial charge in [-0.05, 0) is 23.6 Å². The Morgan fingerprint density at radius 2 is 2.24 bits per heavy atom. The first-order valence-electron chi connectivity index (χ1n) is 7.25. The zero-order valence-corrected chi connectivity index (χ0v) is 14.0. The highest BCUT2D eigenvalue weighted by atomic mass is 79.9. The van der Waals surface area contributed by atoms with E-state index in [9.17, 15) is 9.59 Å². The Kier molecular flexibility index (Phi) is 5.39. The number of halogens is 1. The second kappa shape index (κ2) is 7.07. The smallest absolute Gasteiger partial charge is 0.225 e. The fourth-order valence-electron chi connectivity index (χ4n) is 2.41. The van der Waals surface area contributed by atoms with Gasteiger partial charge in [0, 0.05) is 30.5 Å². The Balaban J connectivity index is 1.92. The van der Waals surface area contributed by atoms with Crippen molar-refractivity contribution in [2.75, 3.05) is 13.1 Å². The van der Waals surface area contributed by atoms with Crippen molar-refractivity contribution < 1.29 is 9.59 Å². The molecular formula is C16H21BrN2O2. The average molecular weight is 353 g/mol. The average Bonchev–Trinajstić information content (AvgIpc) is 2.77. The predicted octanol–water partition coefficient (Wildman–Crippen LogP) is 2.57. The van der Waals surface area contributed by atoms with E-state index in [1.807, 2.05) is 24.3 Å². The minimum absolute atomic E-state index is 0.00575. The molecule has 0 spiro atoms. The maximum Gasteiger partial charge on any atom is 0.225 e. The van der Waals surface area contributed by atoms with E-state index in [1.54, 1.807) is 4.90 Å². The number of likely N-dealkylation sites (tertiary alicyclic amines) is 1. The van der Waals surface area contributed by atoms with E-state index in [1.165, 1.54) is 0 Å². The van der Waals surface area contributed by atoms with Gasteiger partial charge in [0.1, 0.15) is 0 Å². The molecule has 114 valence electrons. The summed E-state index contributed by atoms with van der Waals surface area (Å²) in [5.41, 5.74) is 1.07. The molecule has 1 atom stereocenters. The number of hydrogen-bond donors (Lipinski definition) is 1. The highest BCUT2D eigenvalue weighted by Gasteiger charge is 2.34. The van der Waals surface area contributed by atoms with Gasteiger partial charge in [-0.2, -0.15) is 0 Å². The third-order valence-electron chi connectivity index (χ3n) is 3.53. The van der Waals surface area contributed by atoms with Crippen LogP contribution >= 0.6 is 15.9 Å². The molecule has 0 unspecified atom stereocenters. The van der Waals surface area contributed by atoms with Crippen molar-refractivity contribution >= 4 is 27.7 Å². The van der Waals surface area contributed by atoms with Gasteiger partial charge in [-0.15, -0.1) is 0 Å². The first kappa shape index (κ1) is 16.0. The molecule has 5 heteroatoms. The standard InChI is InChI=1S/C16H21BrN2O2/c1-11(2)8-18-16(21)13-7-15(20)19(10-13)9-12-4-3-5-14(17)6-12/h3-6,11,13H,7-10H2,1-2H3,(H,18,21)/t13-/m1/s1. The molecule has 4 nitrogen and oxygen atoms in total. The molecule has 1 aromatic rings. The van der Waals surface area contributed by atoms with Crippen molar-refractivity contribution in [3.05, 3.63) is 34.3 Å². The van der Waals surface area contributed by atoms with E-state index in [0.29, 0.717) is 32.0 Å². The summed E-state index contributed by atoms with van der Waals surface area (Å²) in [5, 5.41) is 2.91. The third-order valence-corrected chi connectivity index (χ3v) is 4.03. The second-order valence-electron chi connectivity index (χ2n) is 5.94. The van der Waals surface area contributed by atoms with E-state index in [-0.39, 0.29) is 17.7 Å². The van der Waals surface area contributed by atoms with Crippen LogP contribution in [0.25, 0.3) is 0 Å². The maximum atomic E-state index is 12.1. The largest absolute Gasteiger partial charge is 0.356 e. The lowest BCUT2D eigenvalue weighted by Crippen LogP contribution is -2.34. The lowest BCUT2D eigenvalue weighted by Gasteiger charge is -2.17. The molecule has 0 aromatic heterocycles. The number of amides is 2. The van der Waals surface area contributed by atoms with Crippen LogP contribution in [0.15, 0.2) is 28.7 Å². The van der Waals surface area contributed by atoms with Crippen molar-refractivity contribution in [1.29, 1.82) is 0 Å². The molecule has 1 N–H and O–H groups in total. The molecule has 1 aliphatic heterocycles. The molecule has 0 aliphatic carbocycles. The minimum Gasteiger partial charge on any atom is -0.356 e. The van der Waals surface area contributed by atoms with Gasteiger partial charge in [-0.25, -0.2) is 0 Å². The van der Waals surface area contributed by atoms with Crippen LogP contribution in [0, 0.1) is 11.8 Å². The molecule has 0 saturated carbocycles. The Morgan fingerprint density at radius 1 is 1.48 bits per heavy atom. The zero-order valence-electron chi connectivity index (χ0n) is 12.4. The van der Waals surface area contributed by atoms with Gasteiger partial charge in [0.15, 0.2) is 0 Å². The topological polar surface area (TPSA) is 49.4 Å². The monoisotopic (exact) mass is 352 g/mol. The first-order chi connectivity index (χ1) is 9.95. The molecule has 2 amide bonds. The van der Waals surface area contributed by atoms with Crippen molar-refractivity contribution in [2.45, 2.75) is 26.8 Å². The molecule has 1 saturated heterocycles. The van der Waals surface area contributed by atoms with Crippen molar-refractivity contribution in [3.8, 4) is 0 Å². The van der Waals surface area contributed by atoms with Crippen LogP contribution in [0.3, 0.4) is 0 Å². The maximum absolute atomic E-state index is 12.1. The molecule has 21 heavy (non-hydrogen) atoms. The predicted molar refractivity (Wildman–Crippen MR) is 85.5 cm³/mol. The summed E-state index contributed by atoms with van der Waals surface area (Å²) in [6.45, 7) is 5.84. The van der Waals surface area contributed by atoms with Gasteiger partial charge >= 0.3 is 0 Å². The molecule has 2 rings (SSSR count). The number of rotatable bonds is 5. The molecule has 0 radical (unpaired) electrons. The van der Waals surface area contributed by atoms with Gasteiger partial charge in [0.2, 0.25) is 11.8 Å². The normalized spacial score (nSPS) is 18.4. The molecule has 1 heterocycles. The van der Waals surface area contributed by atoms with Crippen LogP contribution in [0.4, 0.5) is 0 Å². The van der Waals surface area contributed by atoms with E-state index < -0.39 is 0 Å². The number of hydrogen-bond acceptors (Lipinski definition) is 2. The lowest BCUT2D eigenvalue weighted by molar-refractivity contribution is -0.129. The number of carbonyl (C=O) groups excluding carboxylic acids is 2. The van der Waals surface area contributed by atoms with Gasteiger partial charge in [-0.3, -0.25) is 9.59 Å². The van der Waals surface area contributed by atoms with Gasteiger partial charge in [-0.1, -0.05) is 41.9 Å². The Bertz CT molecular complexity index is 531. The summed E-state index contributed by atoms with van der Waals surface area (Å²) in [5.74, 6) is 0.251. The van der Waals surface area contributed by atoms with Crippen LogP contribution in [-0.4, -0.2) is 29.8 Å². The molecule has 1 aromatic carbocycles. The summed E-state index contributed by atoms with van der Waals surface area (Å²) < 4.78 is 0.998. The van der Waals surface area contributed by atoms with Gasteiger partial charge in [0.05, 0.1) is 5.92 Å². The Labute approximate surface area is 134 Å². The van der Waals surface area contributed by atoms with E-state index in [0.717, 1.165) is 10.0 Å². The molecule has 1 fully saturated rings. The first-order valence-corrected chi connectivity index (χ1v) is 8.05. The molecule has 1 aliphatic rings. The lowest BCUT2D eigenvalue weighted by atomic mass is 10.1. The van der Waals surface area contributed by atoms with Crippen LogP contribution in [0.5, 0.6) is 0 Å². The Hall–Kier alpha value is -1.36. The van der Waals surface area contributed by atoms with E-state index >= 15 is 0 Å². The van der Waals surface area contributed by atoms with Crippen molar-refractivity contribution in [2.24, 2.45) is 11.8 Å². The van der Waals surface area contributed by atoms with Crippen molar-refractivity contribution in [3.63, 3.8) is 0 Å². The van der Waals surface area contributed by atoms with E-state index in [2.05, 4.69) is 35.1 Å². The van der Waals surface area contributed by atoms with Crippen molar-refractivity contribution in [1.82, 2.24) is 10.2 Å². The van der Waals surface area contributed by atoms with Crippen LogP contribution in [0.1, 0.15) is 25.8 Å². The summed E-state index contributed by atoms with van der Waals surface area (Å²) in [6, 6.07) is 7.90. The summed E-state index contributed by atoms with van der Waals surface area (Å²) in [6.07, 6.45) is 0.317. The number of nitrogens with zero attached hydrogens (tertiary/aromatic N) is 1. The highest BCUT2D eigenvalue weighted by molar-refractivity contribution is 9.10. The zero-order chi connectivity index (χ0) is 15.4. The second-order valence-corrected chi connectivity index (χ2v) is 6.86. The van der Waals surface area contributed by atoms with E-state index in [4.69, 9.17) is 0 Å². The Morgan fingerprint density at radius 3 is 2.90 bits per heavy atom. The number of benzene rings is 1. The number of nitrogens with one attached hydrogen (secondary N) is 1. The summed E-state index contributed by atoms with van der Waals surface area (Å²) >= 11 is 3.43. The molecule has 0 bridgehead atoms. The number of carbonyl (C=O) groups is 2. The SMILES string of the molecule is CC(C)CNC(=O)[C@@H]1CC(=O)N(Cc2cccc(Br)c2)C1. The highest BCUT2D eigenvalue weighted by Crippen LogP contribution is 2.21. The quantitative estimate of drug-likeness (QED) is 0.885. The fraction of sp³-hybridized carbons (Fsp3) is 0.500. The van der Waals surface area contributed by atoms with Crippen LogP contribution in [-0.2, 0) is 16.1 Å². The minimum atomic E-state index is -0.219. The van der Waals surface area contributed by atoms with Gasteiger partial charge < -0.3 is 10.2 Å². The summed E-state index contributed by atoms with van der Waals surface area (Å²) in [4.78, 5) is 25.9. The molecular weight excluding hydrogens is 332 g/mol. The van der Waals surface area contributed by atoms with Crippen LogP contribution < -0.4 is 5.32 Å². The van der Waals surface area contributed by atoms with Gasteiger partial charge in [0.25, 0.3) is 0 Å².